The number of benzene rings is 1. The summed E-state index contributed by atoms with van der Waals surface area (Å²) in [5.74, 6) is 0. The molecule has 1 N–H and O–H groups in total. The van der Waals surface area contributed by atoms with E-state index in [-0.39, 0.29) is 29.6 Å². The molecule has 0 fully saturated rings. The second-order valence-corrected chi connectivity index (χ2v) is 4.37. The maximum atomic E-state index is 11.2. The van der Waals surface area contributed by atoms with Crippen molar-refractivity contribution in [1.29, 1.82) is 0 Å². The zero-order chi connectivity index (χ0) is 10.8. The van der Waals surface area contributed by atoms with Crippen LogP contribution in [0.25, 0.3) is 0 Å². The first kappa shape index (κ1) is 14.8. The number of nitrogens with zero attached hydrogens (tertiary/aromatic N) is 1. The fourth-order valence-corrected chi connectivity index (χ4v) is 1.88. The van der Waals surface area contributed by atoms with Gasteiger partial charge in [-0.05, 0) is 17.8 Å². The number of sulfonamides is 1. The summed E-state index contributed by atoms with van der Waals surface area (Å²) in [6.07, 6.45) is 0. The molecule has 0 spiro atoms. The van der Waals surface area contributed by atoms with Crippen LogP contribution in [-0.2, 0) is 10.0 Å². The minimum atomic E-state index is -4.00. The summed E-state index contributed by atoms with van der Waals surface area (Å²) in [6.45, 7) is 0. The summed E-state index contributed by atoms with van der Waals surface area (Å²) < 4.78 is 23.9. The van der Waals surface area contributed by atoms with Crippen LogP contribution < -0.4 is 4.24 Å². The van der Waals surface area contributed by atoms with Gasteiger partial charge in [0.05, 0.1) is 4.92 Å². The number of hydrogen-bond donors (Lipinski definition) is 1. The van der Waals surface area contributed by atoms with Gasteiger partial charge in [-0.15, -0.1) is 4.24 Å². The molecule has 0 aliphatic rings. The molecule has 1 rings (SSSR count). The van der Waals surface area contributed by atoms with E-state index in [0.29, 0.717) is 0 Å². The average Bonchev–Trinajstić information content (AvgIpc) is 2.18. The number of nitro groups is 1. The molecule has 9 heteroatoms. The molecule has 0 aromatic heterocycles. The van der Waals surface area contributed by atoms with Crippen LogP contribution >= 0.6 is 11.8 Å². The zero-order valence-electron chi connectivity index (χ0n) is 6.68. The van der Waals surface area contributed by atoms with Gasteiger partial charge in [0, 0.05) is 6.07 Å². The van der Waals surface area contributed by atoms with E-state index in [1.165, 1.54) is 16.4 Å². The Morgan fingerprint density at radius 3 is 2.33 bits per heavy atom. The molecule has 0 aliphatic carbocycles. The average molecular weight is 261 g/mol. The summed E-state index contributed by atoms with van der Waals surface area (Å²) in [7, 11) is -4.00. The molecule has 0 radical (unpaired) electrons. The van der Waals surface area contributed by atoms with Gasteiger partial charge < -0.3 is 0 Å². The van der Waals surface area contributed by atoms with E-state index in [4.69, 9.17) is 11.8 Å². The molecule has 0 saturated heterocycles. The molecule has 0 heterocycles. The third-order valence-electron chi connectivity index (χ3n) is 1.45. The van der Waals surface area contributed by atoms with Gasteiger partial charge in [-0.2, -0.15) is 0 Å². The molecular formula is C6H6ClN2NaO4S. The molecular weight excluding hydrogens is 255 g/mol. The molecule has 0 saturated carbocycles. The summed E-state index contributed by atoms with van der Waals surface area (Å²) >= 11 is 4.94. The van der Waals surface area contributed by atoms with Gasteiger partial charge in [-0.25, -0.2) is 8.42 Å². The molecule has 15 heavy (non-hydrogen) atoms. The Kier molecular flexibility index (Phi) is 5.71. The van der Waals surface area contributed by atoms with Crippen LogP contribution in [0.5, 0.6) is 0 Å². The van der Waals surface area contributed by atoms with E-state index in [9.17, 15) is 18.5 Å². The van der Waals surface area contributed by atoms with Gasteiger partial charge in [0.2, 0.25) is 0 Å². The molecule has 0 unspecified atom stereocenters. The van der Waals surface area contributed by atoms with Crippen LogP contribution in [-0.4, -0.2) is 42.9 Å². The number of rotatable bonds is 3. The van der Waals surface area contributed by atoms with Crippen molar-refractivity contribution < 1.29 is 13.3 Å². The molecule has 0 amide bonds. The van der Waals surface area contributed by atoms with Gasteiger partial charge >= 0.3 is 29.6 Å². The van der Waals surface area contributed by atoms with E-state index in [0.717, 1.165) is 12.1 Å². The van der Waals surface area contributed by atoms with Crippen LogP contribution in [0.1, 0.15) is 0 Å². The molecule has 1 aromatic rings. The Balaban J connectivity index is 0.00000196. The number of para-hydroxylation sites is 1. The second kappa shape index (κ2) is 5.78. The summed E-state index contributed by atoms with van der Waals surface area (Å²) in [5, 5.41) is 10.5. The third kappa shape index (κ3) is 3.40. The fourth-order valence-electron chi connectivity index (χ4n) is 0.877. The predicted octanol–water partition coefficient (Wildman–Crippen LogP) is 0.378. The molecule has 0 atom stereocenters. The van der Waals surface area contributed by atoms with Crippen molar-refractivity contribution in [2.75, 3.05) is 0 Å². The molecule has 6 nitrogen and oxygen atoms in total. The van der Waals surface area contributed by atoms with Crippen molar-refractivity contribution in [2.24, 2.45) is 0 Å². The second-order valence-electron chi connectivity index (χ2n) is 2.31. The van der Waals surface area contributed by atoms with E-state index >= 15 is 0 Å². The first-order valence-corrected chi connectivity index (χ1v) is 5.21. The normalized spacial score (nSPS) is 10.5. The molecule has 0 aliphatic heterocycles. The van der Waals surface area contributed by atoms with Gasteiger partial charge in [0.1, 0.15) is 0 Å². The molecule has 78 valence electrons. The molecule has 0 bridgehead atoms. The number of halogens is 1. The van der Waals surface area contributed by atoms with Crippen LogP contribution in [0.15, 0.2) is 29.2 Å². The van der Waals surface area contributed by atoms with Crippen molar-refractivity contribution in [3.05, 3.63) is 34.4 Å². The van der Waals surface area contributed by atoms with E-state index < -0.39 is 25.5 Å². The van der Waals surface area contributed by atoms with Crippen LogP contribution in [0.4, 0.5) is 5.69 Å². The Hall–Kier alpha value is -0.180. The topological polar surface area (TPSA) is 89.3 Å². The van der Waals surface area contributed by atoms with E-state index in [2.05, 4.69) is 0 Å². The van der Waals surface area contributed by atoms with Crippen LogP contribution in [0.2, 0.25) is 0 Å². The van der Waals surface area contributed by atoms with Crippen molar-refractivity contribution in [1.82, 2.24) is 4.24 Å². The van der Waals surface area contributed by atoms with Crippen molar-refractivity contribution in [3.63, 3.8) is 0 Å². The first-order valence-electron chi connectivity index (χ1n) is 3.35. The SMILES string of the molecule is O=[N+]([O-])c1ccccc1S(=O)(=O)NCl.[NaH]. The molecule has 1 aromatic carbocycles. The van der Waals surface area contributed by atoms with Crippen LogP contribution in [0, 0.1) is 10.1 Å². The van der Waals surface area contributed by atoms with Crippen molar-refractivity contribution >= 4 is 57.0 Å². The van der Waals surface area contributed by atoms with Gasteiger partial charge in [-0.3, -0.25) is 10.1 Å². The maximum absolute atomic E-state index is 11.2. The Morgan fingerprint density at radius 1 is 1.33 bits per heavy atom. The van der Waals surface area contributed by atoms with Crippen LogP contribution in [0.3, 0.4) is 0 Å². The Bertz CT molecular complexity index is 464. The van der Waals surface area contributed by atoms with Gasteiger partial charge in [0.15, 0.2) is 4.90 Å². The number of hydrogen-bond acceptors (Lipinski definition) is 4. The van der Waals surface area contributed by atoms with Crippen molar-refractivity contribution in [3.8, 4) is 0 Å². The monoisotopic (exact) mass is 260 g/mol. The van der Waals surface area contributed by atoms with E-state index in [1.54, 1.807) is 0 Å². The number of nitro benzene ring substituents is 1. The quantitative estimate of drug-likeness (QED) is 0.368. The minimum absolute atomic E-state index is 0. The standard InChI is InChI=1S/C6H5ClN2O4S.Na.H/c7-8-14(12,13)6-4-2-1-3-5(6)9(10)11;;/h1-4,8H;;. The summed E-state index contributed by atoms with van der Waals surface area (Å²) in [5.41, 5.74) is -0.513. The van der Waals surface area contributed by atoms with Crippen molar-refractivity contribution in [2.45, 2.75) is 4.90 Å². The van der Waals surface area contributed by atoms with Gasteiger partial charge in [-0.1, -0.05) is 12.1 Å². The third-order valence-corrected chi connectivity index (χ3v) is 3.19. The first-order chi connectivity index (χ1) is 6.49. The Morgan fingerprint density at radius 2 is 1.87 bits per heavy atom. The fraction of sp³-hybridized carbons (Fsp3) is 0. The zero-order valence-corrected chi connectivity index (χ0v) is 8.25. The summed E-state index contributed by atoms with van der Waals surface area (Å²) in [4.78, 5) is 9.21. The Labute approximate surface area is 113 Å². The summed E-state index contributed by atoms with van der Waals surface area (Å²) in [6, 6.07) is 4.92. The number of nitrogens with one attached hydrogen (secondary N) is 1. The van der Waals surface area contributed by atoms with E-state index in [1.807, 2.05) is 0 Å². The predicted molar refractivity (Wildman–Crippen MR) is 56.4 cm³/mol. The van der Waals surface area contributed by atoms with Gasteiger partial charge in [0.25, 0.3) is 15.7 Å².